The number of hydrogen-bond donors (Lipinski definition) is 2. The third kappa shape index (κ3) is 4.73. The van der Waals surface area contributed by atoms with Crippen LogP contribution in [-0.2, 0) is 9.53 Å². The van der Waals surface area contributed by atoms with E-state index in [9.17, 15) is 4.79 Å². The van der Waals surface area contributed by atoms with Crippen molar-refractivity contribution in [3.63, 3.8) is 0 Å². The number of carbonyl (C=O) groups excluding carboxylic acids is 1. The molecule has 36 heavy (non-hydrogen) atoms. The summed E-state index contributed by atoms with van der Waals surface area (Å²) in [5.74, 6) is -0.193. The molecule has 7 nitrogen and oxygen atoms in total. The van der Waals surface area contributed by atoms with Crippen molar-refractivity contribution in [2.24, 2.45) is 0 Å². The van der Waals surface area contributed by atoms with E-state index in [0.29, 0.717) is 5.11 Å². The largest absolute Gasteiger partial charge is 0.375 e. The number of amides is 1. The van der Waals surface area contributed by atoms with Gasteiger partial charge in [0.1, 0.15) is 6.61 Å². The number of anilines is 2. The zero-order valence-corrected chi connectivity index (χ0v) is 20.9. The van der Waals surface area contributed by atoms with Crippen molar-refractivity contribution in [2.75, 3.05) is 23.9 Å². The van der Waals surface area contributed by atoms with Crippen LogP contribution < -0.4 is 15.5 Å². The van der Waals surface area contributed by atoms with Gasteiger partial charge in [-0.05, 0) is 78.8 Å². The van der Waals surface area contributed by atoms with Gasteiger partial charge in [0.2, 0.25) is 5.91 Å². The zero-order valence-electron chi connectivity index (χ0n) is 20.1. The molecule has 2 N–H and O–H groups in total. The summed E-state index contributed by atoms with van der Waals surface area (Å²) < 4.78 is 7.05. The summed E-state index contributed by atoms with van der Waals surface area (Å²) in [7, 11) is 1.50. The molecule has 4 aromatic rings. The van der Waals surface area contributed by atoms with Crippen molar-refractivity contribution in [3.8, 4) is 5.69 Å². The lowest BCUT2D eigenvalue weighted by atomic mass is 9.98. The van der Waals surface area contributed by atoms with E-state index < -0.39 is 0 Å². The Morgan fingerprint density at radius 1 is 1.08 bits per heavy atom. The van der Waals surface area contributed by atoms with Gasteiger partial charge < -0.3 is 24.8 Å². The van der Waals surface area contributed by atoms with Gasteiger partial charge in [0.05, 0.1) is 17.8 Å². The molecule has 5 rings (SSSR count). The van der Waals surface area contributed by atoms with Crippen LogP contribution in [0.25, 0.3) is 5.69 Å². The maximum Gasteiger partial charge on any atom is 0.250 e. The van der Waals surface area contributed by atoms with Crippen molar-refractivity contribution in [1.29, 1.82) is 0 Å². The highest BCUT2D eigenvalue weighted by Gasteiger charge is 2.41. The molecule has 0 spiro atoms. The first-order valence-electron chi connectivity index (χ1n) is 11.7. The van der Waals surface area contributed by atoms with Gasteiger partial charge in [-0.2, -0.15) is 0 Å². The molecule has 182 valence electrons. The van der Waals surface area contributed by atoms with E-state index in [0.717, 1.165) is 33.9 Å². The summed E-state index contributed by atoms with van der Waals surface area (Å²) in [6.07, 6.45) is 6.01. The summed E-state index contributed by atoms with van der Waals surface area (Å²) in [5, 5.41) is 7.02. The Labute approximate surface area is 215 Å². The molecule has 2 aromatic heterocycles. The molecule has 1 aliphatic heterocycles. The van der Waals surface area contributed by atoms with Gasteiger partial charge in [-0.25, -0.2) is 0 Å². The Morgan fingerprint density at radius 2 is 1.89 bits per heavy atom. The summed E-state index contributed by atoms with van der Waals surface area (Å²) in [4.78, 5) is 18.8. The second-order valence-electron chi connectivity index (χ2n) is 8.66. The van der Waals surface area contributed by atoms with E-state index in [4.69, 9.17) is 17.0 Å². The van der Waals surface area contributed by atoms with E-state index in [2.05, 4.69) is 55.7 Å². The van der Waals surface area contributed by atoms with Crippen LogP contribution in [-0.4, -0.2) is 34.3 Å². The van der Waals surface area contributed by atoms with E-state index >= 15 is 0 Å². The van der Waals surface area contributed by atoms with E-state index in [-0.39, 0.29) is 24.6 Å². The zero-order chi connectivity index (χ0) is 25.1. The summed E-state index contributed by atoms with van der Waals surface area (Å²) in [6.45, 7) is 1.98. The number of aryl methyl sites for hydroxylation is 1. The summed E-state index contributed by atoms with van der Waals surface area (Å²) in [5.41, 5.74) is 5.72. The molecule has 1 fully saturated rings. The van der Waals surface area contributed by atoms with Gasteiger partial charge in [0, 0.05) is 42.8 Å². The number of rotatable bonds is 7. The van der Waals surface area contributed by atoms with E-state index in [1.165, 1.54) is 7.11 Å². The Kier molecular flexibility index (Phi) is 6.79. The molecule has 0 radical (unpaired) electrons. The van der Waals surface area contributed by atoms with Gasteiger partial charge in [-0.1, -0.05) is 24.3 Å². The van der Waals surface area contributed by atoms with Gasteiger partial charge in [-0.15, -0.1) is 0 Å². The highest BCUT2D eigenvalue weighted by atomic mass is 32.1. The molecule has 2 atom stereocenters. The fourth-order valence-corrected chi connectivity index (χ4v) is 4.92. The quantitative estimate of drug-likeness (QED) is 0.353. The molecule has 3 heterocycles. The lowest BCUT2D eigenvalue weighted by Crippen LogP contribution is -2.29. The van der Waals surface area contributed by atoms with Crippen LogP contribution in [0.4, 0.5) is 11.4 Å². The monoisotopic (exact) mass is 497 g/mol. The lowest BCUT2D eigenvalue weighted by Gasteiger charge is -2.28. The fourth-order valence-electron chi connectivity index (χ4n) is 4.58. The average Bonchev–Trinajstić information content (AvgIpc) is 3.51. The molecule has 0 aliphatic carbocycles. The highest BCUT2D eigenvalue weighted by molar-refractivity contribution is 7.80. The first kappa shape index (κ1) is 23.7. The van der Waals surface area contributed by atoms with Crippen molar-refractivity contribution in [2.45, 2.75) is 19.0 Å². The Bertz CT molecular complexity index is 1370. The Balaban J connectivity index is 1.53. The lowest BCUT2D eigenvalue weighted by molar-refractivity contribution is -0.119. The summed E-state index contributed by atoms with van der Waals surface area (Å²) in [6, 6.07) is 23.9. The van der Waals surface area contributed by atoms with Crippen molar-refractivity contribution in [3.05, 3.63) is 108 Å². The number of methoxy groups -OCH3 is 1. The van der Waals surface area contributed by atoms with Crippen LogP contribution in [0.5, 0.6) is 0 Å². The maximum absolute atomic E-state index is 12.0. The number of benzene rings is 2. The molecule has 0 saturated carbocycles. The van der Waals surface area contributed by atoms with Crippen LogP contribution in [0.3, 0.4) is 0 Å². The molecule has 1 saturated heterocycles. The van der Waals surface area contributed by atoms with Gasteiger partial charge >= 0.3 is 0 Å². The van der Waals surface area contributed by atoms with Gasteiger partial charge in [-0.3, -0.25) is 9.78 Å². The average molecular weight is 498 g/mol. The Hall–Kier alpha value is -4.01. The van der Waals surface area contributed by atoms with Crippen LogP contribution in [0.1, 0.15) is 28.9 Å². The third-order valence-corrected chi connectivity index (χ3v) is 6.56. The molecule has 0 bridgehead atoms. The minimum absolute atomic E-state index is 0.00750. The van der Waals surface area contributed by atoms with Gasteiger partial charge in [0.25, 0.3) is 0 Å². The van der Waals surface area contributed by atoms with Crippen LogP contribution in [0.2, 0.25) is 0 Å². The van der Waals surface area contributed by atoms with Crippen LogP contribution in [0.15, 0.2) is 91.4 Å². The second kappa shape index (κ2) is 10.3. The Morgan fingerprint density at radius 3 is 2.61 bits per heavy atom. The standard InChI is InChI=1S/C28H27N5O2S/c1-19-16-22(11-12-23(19)30-25(34)18-35-2)33-27(26(31-28(33)36)24-10-6-7-14-29-24)20-13-15-32(17-20)21-8-4-3-5-9-21/h3-17,26-27H,18H2,1-2H3,(H,30,34)(H,31,36)/t26-,27-/m0/s1. The smallest absolute Gasteiger partial charge is 0.250 e. The van der Waals surface area contributed by atoms with E-state index in [1.807, 2.05) is 61.5 Å². The number of ether oxygens (including phenoxy) is 1. The molecular formula is C28H27N5O2S. The van der Waals surface area contributed by atoms with Crippen molar-refractivity contribution < 1.29 is 9.53 Å². The summed E-state index contributed by atoms with van der Waals surface area (Å²) >= 11 is 5.85. The van der Waals surface area contributed by atoms with Crippen LogP contribution >= 0.6 is 12.2 Å². The fraction of sp³-hybridized carbons (Fsp3) is 0.179. The predicted molar refractivity (Wildman–Crippen MR) is 145 cm³/mol. The van der Waals surface area contributed by atoms with Gasteiger partial charge in [0.15, 0.2) is 5.11 Å². The molecule has 2 aromatic carbocycles. The topological polar surface area (TPSA) is 71.4 Å². The van der Waals surface area contributed by atoms with Crippen molar-refractivity contribution in [1.82, 2.24) is 14.9 Å². The number of carbonyl (C=O) groups is 1. The molecule has 8 heteroatoms. The van der Waals surface area contributed by atoms with Crippen molar-refractivity contribution >= 4 is 34.6 Å². The molecule has 0 unspecified atom stereocenters. The third-order valence-electron chi connectivity index (χ3n) is 6.25. The minimum atomic E-state index is -0.193. The molecule has 1 aliphatic rings. The van der Waals surface area contributed by atoms with E-state index in [1.54, 1.807) is 6.20 Å². The first-order valence-corrected chi connectivity index (χ1v) is 12.1. The number of pyridine rings is 1. The number of hydrogen-bond acceptors (Lipinski definition) is 4. The molecular weight excluding hydrogens is 470 g/mol. The second-order valence-corrected chi connectivity index (χ2v) is 9.05. The number of para-hydroxylation sites is 1. The highest BCUT2D eigenvalue weighted by Crippen LogP contribution is 2.42. The normalized spacial score (nSPS) is 17.2. The number of nitrogens with one attached hydrogen (secondary N) is 2. The predicted octanol–water partition coefficient (Wildman–Crippen LogP) is 4.94. The minimum Gasteiger partial charge on any atom is -0.375 e. The number of thiocarbonyl (C=S) groups is 1. The van der Waals surface area contributed by atoms with Crippen LogP contribution in [0, 0.1) is 6.92 Å². The molecule has 1 amide bonds. The first-order chi connectivity index (χ1) is 17.5. The number of nitrogens with zero attached hydrogens (tertiary/aromatic N) is 3. The maximum atomic E-state index is 12.0. The number of aromatic nitrogens is 2. The SMILES string of the molecule is COCC(=O)Nc1ccc(N2C(=S)N[C@@H](c3ccccn3)[C@@H]2c2ccn(-c3ccccc3)c2)cc1C.